The van der Waals surface area contributed by atoms with Crippen molar-refractivity contribution in [2.45, 2.75) is 26.4 Å². The summed E-state index contributed by atoms with van der Waals surface area (Å²) in [6, 6.07) is 0. The van der Waals surface area contributed by atoms with Gasteiger partial charge in [0.2, 0.25) is 0 Å². The summed E-state index contributed by atoms with van der Waals surface area (Å²) in [5.41, 5.74) is 2.20. The van der Waals surface area contributed by atoms with Crippen molar-refractivity contribution >= 4 is 5.97 Å². The molecule has 0 aromatic carbocycles. The Bertz CT molecular complexity index is 398. The Hall–Kier alpha value is -1.36. The van der Waals surface area contributed by atoms with Gasteiger partial charge in [0, 0.05) is 37.3 Å². The Morgan fingerprint density at radius 3 is 2.93 bits per heavy atom. The van der Waals surface area contributed by atoms with Crippen LogP contribution >= 0.6 is 0 Å². The number of fused-ring (bicyclic) bond motifs is 1. The second-order valence-corrected chi connectivity index (χ2v) is 3.88. The minimum Gasteiger partial charge on any atom is -0.476 e. The van der Waals surface area contributed by atoms with Crippen LogP contribution in [0.3, 0.4) is 0 Å². The molecule has 5 nitrogen and oxygen atoms in total. The van der Waals surface area contributed by atoms with E-state index in [9.17, 15) is 4.79 Å². The molecule has 1 aromatic heterocycles. The van der Waals surface area contributed by atoms with E-state index in [0.29, 0.717) is 6.54 Å². The van der Waals surface area contributed by atoms with Crippen molar-refractivity contribution < 1.29 is 9.90 Å². The van der Waals surface area contributed by atoms with Gasteiger partial charge in [0.15, 0.2) is 5.69 Å². The van der Waals surface area contributed by atoms with Crippen LogP contribution in [-0.2, 0) is 19.5 Å². The van der Waals surface area contributed by atoms with Crippen LogP contribution in [-0.4, -0.2) is 39.3 Å². The van der Waals surface area contributed by atoms with Crippen LogP contribution in [0.15, 0.2) is 0 Å². The first-order valence-electron chi connectivity index (χ1n) is 5.14. The van der Waals surface area contributed by atoms with Gasteiger partial charge in [-0.25, -0.2) is 4.79 Å². The first-order chi connectivity index (χ1) is 7.13. The van der Waals surface area contributed by atoms with Gasteiger partial charge in [0.05, 0.1) is 0 Å². The largest absolute Gasteiger partial charge is 0.476 e. The van der Waals surface area contributed by atoms with Crippen LogP contribution in [0.1, 0.15) is 28.7 Å². The first kappa shape index (κ1) is 10.2. The average Bonchev–Trinajstić information content (AvgIpc) is 2.55. The topological polar surface area (TPSA) is 58.4 Å². The monoisotopic (exact) mass is 209 g/mol. The molecule has 0 aliphatic carbocycles. The van der Waals surface area contributed by atoms with Crippen LogP contribution in [0.4, 0.5) is 0 Å². The summed E-state index contributed by atoms with van der Waals surface area (Å²) in [6.07, 6.45) is 0.889. The molecule has 15 heavy (non-hydrogen) atoms. The minimum atomic E-state index is -0.922. The Morgan fingerprint density at radius 1 is 1.60 bits per heavy atom. The normalized spacial score (nSPS) is 16.4. The molecule has 0 fully saturated rings. The number of aromatic nitrogens is 2. The maximum atomic E-state index is 11.0. The van der Waals surface area contributed by atoms with E-state index in [1.807, 2.05) is 18.7 Å². The third kappa shape index (κ3) is 1.63. The molecule has 1 aromatic rings. The molecule has 0 unspecified atom stereocenters. The van der Waals surface area contributed by atoms with E-state index in [1.54, 1.807) is 0 Å². The molecule has 0 saturated carbocycles. The van der Waals surface area contributed by atoms with Crippen molar-refractivity contribution in [1.82, 2.24) is 14.7 Å². The first-order valence-corrected chi connectivity index (χ1v) is 5.14. The SMILES string of the molecule is CCn1nc(C(=O)O)c2c1CCN(C)C2. The van der Waals surface area contributed by atoms with E-state index in [-0.39, 0.29) is 5.69 Å². The third-order valence-electron chi connectivity index (χ3n) is 2.83. The number of hydrogen-bond donors (Lipinski definition) is 1. The molecule has 1 N–H and O–H groups in total. The summed E-state index contributed by atoms with van der Waals surface area (Å²) in [4.78, 5) is 13.1. The zero-order valence-corrected chi connectivity index (χ0v) is 9.03. The van der Waals surface area contributed by atoms with E-state index in [0.717, 1.165) is 30.8 Å². The highest BCUT2D eigenvalue weighted by Crippen LogP contribution is 2.21. The number of hydrogen-bond acceptors (Lipinski definition) is 3. The zero-order valence-electron chi connectivity index (χ0n) is 9.03. The van der Waals surface area contributed by atoms with Gasteiger partial charge in [0.1, 0.15) is 0 Å². The molecule has 2 rings (SSSR count). The fraction of sp³-hybridized carbons (Fsp3) is 0.600. The Labute approximate surface area is 88.3 Å². The molecule has 0 amide bonds. The van der Waals surface area contributed by atoms with Gasteiger partial charge in [-0.15, -0.1) is 0 Å². The van der Waals surface area contributed by atoms with E-state index in [4.69, 9.17) is 5.11 Å². The maximum absolute atomic E-state index is 11.0. The molecular formula is C10H15N3O2. The molecular weight excluding hydrogens is 194 g/mol. The van der Waals surface area contributed by atoms with Crippen LogP contribution in [0, 0.1) is 0 Å². The number of aryl methyl sites for hydroxylation is 1. The summed E-state index contributed by atoms with van der Waals surface area (Å²) in [6.45, 7) is 4.38. The number of nitrogens with zero attached hydrogens (tertiary/aromatic N) is 3. The lowest BCUT2D eigenvalue weighted by Crippen LogP contribution is -2.28. The molecule has 0 spiro atoms. The van der Waals surface area contributed by atoms with Crippen molar-refractivity contribution in [3.63, 3.8) is 0 Å². The van der Waals surface area contributed by atoms with Gasteiger partial charge in [0.25, 0.3) is 0 Å². The quantitative estimate of drug-likeness (QED) is 0.774. The summed E-state index contributed by atoms with van der Waals surface area (Å²) in [5.74, 6) is -0.922. The standard InChI is InChI=1S/C10H15N3O2/c1-3-13-8-4-5-12(2)6-7(8)9(11-13)10(14)15/h3-6H2,1-2H3,(H,14,15). The summed E-state index contributed by atoms with van der Waals surface area (Å²) < 4.78 is 1.81. The average molecular weight is 209 g/mol. The molecule has 0 radical (unpaired) electrons. The van der Waals surface area contributed by atoms with Gasteiger partial charge in [-0.1, -0.05) is 0 Å². The number of carbonyl (C=O) groups is 1. The molecule has 0 bridgehead atoms. The number of aromatic carboxylic acids is 1. The van der Waals surface area contributed by atoms with E-state index in [1.165, 1.54) is 0 Å². The Kier molecular flexibility index (Phi) is 2.48. The summed E-state index contributed by atoms with van der Waals surface area (Å²) in [5, 5.41) is 13.2. The Balaban J connectivity index is 2.50. The van der Waals surface area contributed by atoms with E-state index >= 15 is 0 Å². The minimum absolute atomic E-state index is 0.221. The lowest BCUT2D eigenvalue weighted by atomic mass is 10.1. The number of rotatable bonds is 2. The molecule has 1 aliphatic rings. The molecule has 0 atom stereocenters. The van der Waals surface area contributed by atoms with E-state index < -0.39 is 5.97 Å². The van der Waals surface area contributed by atoms with E-state index in [2.05, 4.69) is 10.00 Å². The molecule has 0 saturated heterocycles. The van der Waals surface area contributed by atoms with Gasteiger partial charge in [-0.05, 0) is 14.0 Å². The van der Waals surface area contributed by atoms with Crippen LogP contribution < -0.4 is 0 Å². The van der Waals surface area contributed by atoms with Crippen molar-refractivity contribution in [3.8, 4) is 0 Å². The summed E-state index contributed by atoms with van der Waals surface area (Å²) >= 11 is 0. The van der Waals surface area contributed by atoms with Crippen molar-refractivity contribution in [3.05, 3.63) is 17.0 Å². The number of carboxylic acids is 1. The third-order valence-corrected chi connectivity index (χ3v) is 2.83. The second-order valence-electron chi connectivity index (χ2n) is 3.88. The van der Waals surface area contributed by atoms with Crippen molar-refractivity contribution in [2.75, 3.05) is 13.6 Å². The van der Waals surface area contributed by atoms with Gasteiger partial charge >= 0.3 is 5.97 Å². The van der Waals surface area contributed by atoms with Crippen LogP contribution in [0.2, 0.25) is 0 Å². The highest BCUT2D eigenvalue weighted by Gasteiger charge is 2.25. The van der Waals surface area contributed by atoms with Gasteiger partial charge in [-0.3, -0.25) is 4.68 Å². The van der Waals surface area contributed by atoms with Gasteiger partial charge in [-0.2, -0.15) is 5.10 Å². The number of likely N-dealkylation sites (N-methyl/N-ethyl adjacent to an activating group) is 1. The van der Waals surface area contributed by atoms with Crippen molar-refractivity contribution in [1.29, 1.82) is 0 Å². The molecule has 2 heterocycles. The maximum Gasteiger partial charge on any atom is 0.356 e. The smallest absolute Gasteiger partial charge is 0.356 e. The lowest BCUT2D eigenvalue weighted by Gasteiger charge is -2.23. The predicted octanol–water partition coefficient (Wildman–Crippen LogP) is 0.589. The fourth-order valence-corrected chi connectivity index (χ4v) is 2.06. The predicted molar refractivity (Wildman–Crippen MR) is 54.9 cm³/mol. The van der Waals surface area contributed by atoms with Gasteiger partial charge < -0.3 is 10.0 Å². The fourth-order valence-electron chi connectivity index (χ4n) is 2.06. The highest BCUT2D eigenvalue weighted by molar-refractivity contribution is 5.87. The molecule has 82 valence electrons. The lowest BCUT2D eigenvalue weighted by molar-refractivity contribution is 0.0687. The second kappa shape index (κ2) is 3.66. The number of carboxylic acid groups (broad SMARTS) is 1. The van der Waals surface area contributed by atoms with Crippen molar-refractivity contribution in [2.24, 2.45) is 0 Å². The van der Waals surface area contributed by atoms with Crippen LogP contribution in [0.25, 0.3) is 0 Å². The zero-order chi connectivity index (χ0) is 11.0. The molecule has 5 heteroatoms. The highest BCUT2D eigenvalue weighted by atomic mass is 16.4. The van der Waals surface area contributed by atoms with Crippen LogP contribution in [0.5, 0.6) is 0 Å². The summed E-state index contributed by atoms with van der Waals surface area (Å²) in [7, 11) is 2.00. The Morgan fingerprint density at radius 2 is 2.33 bits per heavy atom. The molecule has 1 aliphatic heterocycles.